The van der Waals surface area contributed by atoms with E-state index >= 15 is 0 Å². The molecule has 0 amide bonds. The van der Waals surface area contributed by atoms with E-state index in [2.05, 4.69) is 4.98 Å². The van der Waals surface area contributed by atoms with E-state index in [1.54, 1.807) is 0 Å². The summed E-state index contributed by atoms with van der Waals surface area (Å²) < 4.78 is 25.8. The molecular formula is C8H8F2N2O2. The Morgan fingerprint density at radius 2 is 2.00 bits per heavy atom. The van der Waals surface area contributed by atoms with E-state index in [0.29, 0.717) is 0 Å². The van der Waals surface area contributed by atoms with Gasteiger partial charge in [-0.2, -0.15) is 0 Å². The van der Waals surface area contributed by atoms with Gasteiger partial charge >= 0.3 is 5.97 Å². The molecule has 1 aromatic heterocycles. The van der Waals surface area contributed by atoms with E-state index in [9.17, 15) is 13.6 Å². The maximum absolute atomic E-state index is 12.9. The summed E-state index contributed by atoms with van der Waals surface area (Å²) in [6, 6.07) is -1.32. The van der Waals surface area contributed by atoms with Gasteiger partial charge in [-0.15, -0.1) is 0 Å². The van der Waals surface area contributed by atoms with Crippen LogP contribution in [0.2, 0.25) is 0 Å². The van der Waals surface area contributed by atoms with Crippen molar-refractivity contribution in [3.63, 3.8) is 0 Å². The zero-order valence-electron chi connectivity index (χ0n) is 7.08. The predicted octanol–water partition coefficient (Wildman–Crippen LogP) is 0.314. The molecule has 4 nitrogen and oxygen atoms in total. The first-order valence-electron chi connectivity index (χ1n) is 3.78. The zero-order valence-corrected chi connectivity index (χ0v) is 7.08. The van der Waals surface area contributed by atoms with E-state index in [4.69, 9.17) is 10.8 Å². The van der Waals surface area contributed by atoms with E-state index in [1.165, 1.54) is 0 Å². The maximum Gasteiger partial charge on any atom is 0.320 e. The van der Waals surface area contributed by atoms with Crippen molar-refractivity contribution >= 4 is 5.97 Å². The minimum atomic E-state index is -1.32. The Hall–Kier alpha value is -1.56. The minimum Gasteiger partial charge on any atom is -0.480 e. The van der Waals surface area contributed by atoms with Gasteiger partial charge in [-0.1, -0.05) is 0 Å². The van der Waals surface area contributed by atoms with Crippen LogP contribution in [0.15, 0.2) is 12.4 Å². The summed E-state index contributed by atoms with van der Waals surface area (Å²) in [4.78, 5) is 13.6. The van der Waals surface area contributed by atoms with Crippen molar-refractivity contribution in [2.24, 2.45) is 5.73 Å². The second-order valence-electron chi connectivity index (χ2n) is 2.73. The molecule has 0 spiro atoms. The second kappa shape index (κ2) is 4.10. The highest BCUT2D eigenvalue weighted by Crippen LogP contribution is 2.11. The number of halogens is 2. The number of nitrogens with two attached hydrogens (primary N) is 1. The first kappa shape index (κ1) is 10.5. The number of pyridine rings is 1. The van der Waals surface area contributed by atoms with Crippen molar-refractivity contribution in [2.75, 3.05) is 0 Å². The third kappa shape index (κ3) is 2.23. The van der Waals surface area contributed by atoms with Crippen molar-refractivity contribution in [3.8, 4) is 0 Å². The maximum atomic E-state index is 12.9. The lowest BCUT2D eigenvalue weighted by molar-refractivity contribution is -0.138. The molecule has 0 aromatic carbocycles. The first-order valence-corrected chi connectivity index (χ1v) is 3.78. The SMILES string of the molecule is NC(Cc1c(F)cncc1F)C(=O)O. The molecule has 1 rings (SSSR count). The number of hydrogen-bond donors (Lipinski definition) is 2. The van der Waals surface area contributed by atoms with Gasteiger partial charge in [0.2, 0.25) is 0 Å². The van der Waals surface area contributed by atoms with Gasteiger partial charge in [0, 0.05) is 12.0 Å². The van der Waals surface area contributed by atoms with Crippen LogP contribution in [0, 0.1) is 11.6 Å². The Morgan fingerprint density at radius 1 is 1.50 bits per heavy atom. The largest absolute Gasteiger partial charge is 0.480 e. The molecule has 1 heterocycles. The number of aliphatic carboxylic acids is 1. The van der Waals surface area contributed by atoms with Crippen molar-refractivity contribution in [1.29, 1.82) is 0 Å². The normalized spacial score (nSPS) is 12.5. The molecule has 0 aliphatic rings. The van der Waals surface area contributed by atoms with Gasteiger partial charge in [0.15, 0.2) is 0 Å². The summed E-state index contributed by atoms with van der Waals surface area (Å²) >= 11 is 0. The Bertz CT molecular complexity index is 337. The summed E-state index contributed by atoms with van der Waals surface area (Å²) in [7, 11) is 0. The number of hydrogen-bond acceptors (Lipinski definition) is 3. The van der Waals surface area contributed by atoms with E-state index < -0.39 is 30.1 Å². The monoisotopic (exact) mass is 202 g/mol. The predicted molar refractivity (Wildman–Crippen MR) is 43.5 cm³/mol. The van der Waals surface area contributed by atoms with Gasteiger partial charge in [0.05, 0.1) is 12.4 Å². The summed E-state index contributed by atoms with van der Waals surface area (Å²) in [5.74, 6) is -3.08. The fourth-order valence-corrected chi connectivity index (χ4v) is 0.940. The van der Waals surface area contributed by atoms with Crippen LogP contribution in [0.5, 0.6) is 0 Å². The van der Waals surface area contributed by atoms with Crippen LogP contribution < -0.4 is 5.73 Å². The fourth-order valence-electron chi connectivity index (χ4n) is 0.940. The summed E-state index contributed by atoms with van der Waals surface area (Å²) in [6.45, 7) is 0. The molecule has 3 N–H and O–H groups in total. The van der Waals surface area contributed by atoms with Crippen LogP contribution in [0.3, 0.4) is 0 Å². The molecule has 14 heavy (non-hydrogen) atoms. The highest BCUT2D eigenvalue weighted by atomic mass is 19.1. The topological polar surface area (TPSA) is 76.2 Å². The molecule has 0 radical (unpaired) electrons. The third-order valence-corrected chi connectivity index (χ3v) is 1.69. The van der Waals surface area contributed by atoms with E-state index in [1.807, 2.05) is 0 Å². The first-order chi connectivity index (χ1) is 6.52. The molecule has 0 bridgehead atoms. The van der Waals surface area contributed by atoms with Crippen molar-refractivity contribution in [1.82, 2.24) is 4.98 Å². The molecule has 0 saturated heterocycles. The molecule has 0 aliphatic heterocycles. The number of carboxylic acids is 1. The van der Waals surface area contributed by atoms with Crippen LogP contribution in [-0.2, 0) is 11.2 Å². The zero-order chi connectivity index (χ0) is 10.7. The van der Waals surface area contributed by atoms with Gasteiger partial charge in [-0.25, -0.2) is 8.78 Å². The Morgan fingerprint density at radius 3 is 2.43 bits per heavy atom. The summed E-state index contributed by atoms with van der Waals surface area (Å²) in [5.41, 5.74) is 4.78. The number of carbonyl (C=O) groups is 1. The number of nitrogens with zero attached hydrogens (tertiary/aromatic N) is 1. The quantitative estimate of drug-likeness (QED) is 0.739. The van der Waals surface area contributed by atoms with Crippen molar-refractivity contribution < 1.29 is 18.7 Å². The van der Waals surface area contributed by atoms with Gasteiger partial charge in [0.1, 0.15) is 17.7 Å². The van der Waals surface area contributed by atoms with Gasteiger partial charge < -0.3 is 10.8 Å². The van der Waals surface area contributed by atoms with Crippen LogP contribution >= 0.6 is 0 Å². The van der Waals surface area contributed by atoms with E-state index in [0.717, 1.165) is 12.4 Å². The summed E-state index contributed by atoms with van der Waals surface area (Å²) in [5, 5.41) is 8.44. The molecular weight excluding hydrogens is 194 g/mol. The molecule has 1 atom stereocenters. The average molecular weight is 202 g/mol. The number of aromatic nitrogens is 1. The second-order valence-corrected chi connectivity index (χ2v) is 2.73. The van der Waals surface area contributed by atoms with Crippen LogP contribution in [0.1, 0.15) is 5.56 Å². The van der Waals surface area contributed by atoms with Crippen LogP contribution in [-0.4, -0.2) is 22.1 Å². The van der Waals surface area contributed by atoms with Gasteiger partial charge in [0.25, 0.3) is 0 Å². The van der Waals surface area contributed by atoms with Crippen LogP contribution in [0.4, 0.5) is 8.78 Å². The highest BCUT2D eigenvalue weighted by Gasteiger charge is 2.17. The lowest BCUT2D eigenvalue weighted by atomic mass is 10.1. The smallest absolute Gasteiger partial charge is 0.320 e. The third-order valence-electron chi connectivity index (χ3n) is 1.69. The molecule has 1 aromatic rings. The molecule has 1 unspecified atom stereocenters. The highest BCUT2D eigenvalue weighted by molar-refractivity contribution is 5.73. The molecule has 0 fully saturated rings. The van der Waals surface area contributed by atoms with Crippen molar-refractivity contribution in [3.05, 3.63) is 29.6 Å². The fraction of sp³-hybridized carbons (Fsp3) is 0.250. The standard InChI is InChI=1S/C8H8F2N2O2/c9-5-2-12-3-6(10)4(5)1-7(11)8(13)14/h2-3,7H,1,11H2,(H,13,14). The van der Waals surface area contributed by atoms with E-state index in [-0.39, 0.29) is 5.56 Å². The number of rotatable bonds is 3. The average Bonchev–Trinajstić information content (AvgIpc) is 2.11. The minimum absolute atomic E-state index is 0.352. The summed E-state index contributed by atoms with van der Waals surface area (Å²) in [6.07, 6.45) is 1.23. The molecule has 6 heteroatoms. The van der Waals surface area contributed by atoms with Gasteiger partial charge in [-0.05, 0) is 0 Å². The van der Waals surface area contributed by atoms with Crippen LogP contribution in [0.25, 0.3) is 0 Å². The van der Waals surface area contributed by atoms with Gasteiger partial charge in [-0.3, -0.25) is 9.78 Å². The molecule has 0 aliphatic carbocycles. The van der Waals surface area contributed by atoms with Crippen molar-refractivity contribution in [2.45, 2.75) is 12.5 Å². The Labute approximate surface area is 78.4 Å². The lowest BCUT2D eigenvalue weighted by Crippen LogP contribution is -2.33. The molecule has 76 valence electrons. The Balaban J connectivity index is 2.91. The number of carboxylic acid groups (broad SMARTS) is 1. The lowest BCUT2D eigenvalue weighted by Gasteiger charge is -2.07. The molecule has 0 saturated carbocycles. The Kier molecular flexibility index (Phi) is 3.08.